The van der Waals surface area contributed by atoms with E-state index in [2.05, 4.69) is 0 Å². The number of carbonyl (C=O) groups excluding carboxylic acids is 1. The van der Waals surface area contributed by atoms with E-state index >= 15 is 0 Å². The van der Waals surface area contributed by atoms with Crippen LogP contribution in [0.5, 0.6) is 0 Å². The monoisotopic (exact) mass is 266 g/mol. The number of benzene rings is 1. The zero-order valence-corrected chi connectivity index (χ0v) is 10.7. The van der Waals surface area contributed by atoms with Crippen LogP contribution in [0.2, 0.25) is 0 Å². The molecular formula is C13H15ClN2O2. The van der Waals surface area contributed by atoms with Gasteiger partial charge in [0, 0.05) is 24.5 Å². The minimum atomic E-state index is 0. The fourth-order valence-electron chi connectivity index (χ4n) is 2.29. The molecule has 1 fully saturated rings. The average molecular weight is 267 g/mol. The molecule has 2 heterocycles. The zero-order valence-electron chi connectivity index (χ0n) is 9.83. The SMILES string of the molecule is Cl.NC1CCN(C(=O)c2coc3ccccc23)C1. The van der Waals surface area contributed by atoms with Crippen molar-refractivity contribution in [2.75, 3.05) is 13.1 Å². The number of likely N-dealkylation sites (tertiary alicyclic amines) is 1. The van der Waals surface area contributed by atoms with E-state index in [1.54, 1.807) is 4.90 Å². The van der Waals surface area contributed by atoms with Gasteiger partial charge in [0.05, 0.1) is 5.56 Å². The third-order valence-electron chi connectivity index (χ3n) is 3.22. The number of para-hydroxylation sites is 1. The van der Waals surface area contributed by atoms with E-state index in [0.29, 0.717) is 12.1 Å². The van der Waals surface area contributed by atoms with Crippen molar-refractivity contribution in [1.82, 2.24) is 4.90 Å². The van der Waals surface area contributed by atoms with E-state index in [-0.39, 0.29) is 24.4 Å². The van der Waals surface area contributed by atoms with Crippen molar-refractivity contribution in [3.8, 4) is 0 Å². The lowest BCUT2D eigenvalue weighted by Crippen LogP contribution is -2.31. The molecule has 1 amide bonds. The van der Waals surface area contributed by atoms with Crippen molar-refractivity contribution in [1.29, 1.82) is 0 Å². The number of hydrogen-bond donors (Lipinski definition) is 1. The Balaban J connectivity index is 0.00000120. The molecular weight excluding hydrogens is 252 g/mol. The molecule has 0 spiro atoms. The number of amides is 1. The minimum absolute atomic E-state index is 0. The van der Waals surface area contributed by atoms with Crippen LogP contribution < -0.4 is 5.73 Å². The average Bonchev–Trinajstić information content (AvgIpc) is 2.94. The normalized spacial score (nSPS) is 18.9. The standard InChI is InChI=1S/C13H14N2O2.ClH/c14-9-5-6-15(7-9)13(16)11-8-17-12-4-2-1-3-10(11)12;/h1-4,8-9H,5-7,14H2;1H. The molecule has 0 radical (unpaired) electrons. The van der Waals surface area contributed by atoms with Crippen LogP contribution in [-0.2, 0) is 0 Å². The molecule has 1 saturated heterocycles. The number of nitrogens with two attached hydrogens (primary N) is 1. The summed E-state index contributed by atoms with van der Waals surface area (Å²) in [7, 11) is 0. The maximum atomic E-state index is 12.3. The Morgan fingerprint density at radius 3 is 2.89 bits per heavy atom. The Morgan fingerprint density at radius 1 is 1.39 bits per heavy atom. The molecule has 5 heteroatoms. The smallest absolute Gasteiger partial charge is 0.257 e. The predicted molar refractivity (Wildman–Crippen MR) is 72.0 cm³/mol. The van der Waals surface area contributed by atoms with Crippen LogP contribution in [0, 0.1) is 0 Å². The van der Waals surface area contributed by atoms with Crippen LogP contribution in [0.3, 0.4) is 0 Å². The lowest BCUT2D eigenvalue weighted by molar-refractivity contribution is 0.0792. The van der Waals surface area contributed by atoms with Crippen LogP contribution in [0.15, 0.2) is 34.9 Å². The van der Waals surface area contributed by atoms with Crippen molar-refractivity contribution in [3.63, 3.8) is 0 Å². The Hall–Kier alpha value is -1.52. The molecule has 1 unspecified atom stereocenters. The Morgan fingerprint density at radius 2 is 2.17 bits per heavy atom. The maximum absolute atomic E-state index is 12.3. The number of carbonyl (C=O) groups is 1. The van der Waals surface area contributed by atoms with E-state index in [4.69, 9.17) is 10.2 Å². The van der Waals surface area contributed by atoms with Gasteiger partial charge in [-0.25, -0.2) is 0 Å². The van der Waals surface area contributed by atoms with Gasteiger partial charge in [0.2, 0.25) is 0 Å². The Bertz CT molecular complexity index is 567. The summed E-state index contributed by atoms with van der Waals surface area (Å²) in [5, 5.41) is 0.873. The number of rotatable bonds is 1. The van der Waals surface area contributed by atoms with Crippen molar-refractivity contribution in [2.45, 2.75) is 12.5 Å². The molecule has 1 atom stereocenters. The van der Waals surface area contributed by atoms with Gasteiger partial charge in [-0.3, -0.25) is 4.79 Å². The van der Waals surface area contributed by atoms with Crippen LogP contribution >= 0.6 is 12.4 Å². The predicted octanol–water partition coefficient (Wildman–Crippen LogP) is 2.03. The third kappa shape index (κ3) is 2.09. The van der Waals surface area contributed by atoms with Crippen LogP contribution in [0.1, 0.15) is 16.8 Å². The van der Waals surface area contributed by atoms with Crippen molar-refractivity contribution >= 4 is 29.3 Å². The molecule has 1 aliphatic rings. The van der Waals surface area contributed by atoms with Crippen molar-refractivity contribution in [2.24, 2.45) is 5.73 Å². The van der Waals surface area contributed by atoms with Crippen LogP contribution in [-0.4, -0.2) is 29.9 Å². The second kappa shape index (κ2) is 5.00. The summed E-state index contributed by atoms with van der Waals surface area (Å²) in [4.78, 5) is 14.1. The molecule has 1 aromatic heterocycles. The molecule has 1 aromatic carbocycles. The molecule has 18 heavy (non-hydrogen) atoms. The van der Waals surface area contributed by atoms with Gasteiger partial charge in [-0.2, -0.15) is 0 Å². The first-order chi connectivity index (χ1) is 8.25. The number of hydrogen-bond acceptors (Lipinski definition) is 3. The molecule has 0 aliphatic carbocycles. The fourth-order valence-corrected chi connectivity index (χ4v) is 2.29. The first-order valence-corrected chi connectivity index (χ1v) is 5.77. The topological polar surface area (TPSA) is 59.5 Å². The van der Waals surface area contributed by atoms with Crippen LogP contribution in [0.25, 0.3) is 11.0 Å². The lowest BCUT2D eigenvalue weighted by atomic mass is 10.1. The summed E-state index contributed by atoms with van der Waals surface area (Å²) >= 11 is 0. The lowest BCUT2D eigenvalue weighted by Gasteiger charge is -2.14. The van der Waals surface area contributed by atoms with Gasteiger partial charge in [0.15, 0.2) is 0 Å². The highest BCUT2D eigenvalue weighted by Crippen LogP contribution is 2.23. The second-order valence-electron chi connectivity index (χ2n) is 4.45. The second-order valence-corrected chi connectivity index (χ2v) is 4.45. The van der Waals surface area contributed by atoms with E-state index < -0.39 is 0 Å². The summed E-state index contributed by atoms with van der Waals surface area (Å²) in [6, 6.07) is 7.68. The van der Waals surface area contributed by atoms with E-state index in [0.717, 1.165) is 23.9 Å². The van der Waals surface area contributed by atoms with Gasteiger partial charge in [0.25, 0.3) is 5.91 Å². The minimum Gasteiger partial charge on any atom is -0.463 e. The molecule has 4 nitrogen and oxygen atoms in total. The maximum Gasteiger partial charge on any atom is 0.257 e. The molecule has 2 N–H and O–H groups in total. The third-order valence-corrected chi connectivity index (χ3v) is 3.22. The molecule has 0 bridgehead atoms. The molecule has 1 aliphatic heterocycles. The van der Waals surface area contributed by atoms with Gasteiger partial charge in [-0.1, -0.05) is 18.2 Å². The van der Waals surface area contributed by atoms with E-state index in [1.165, 1.54) is 6.26 Å². The highest BCUT2D eigenvalue weighted by atomic mass is 35.5. The number of nitrogens with zero attached hydrogens (tertiary/aromatic N) is 1. The van der Waals surface area contributed by atoms with Crippen molar-refractivity contribution < 1.29 is 9.21 Å². The van der Waals surface area contributed by atoms with E-state index in [1.807, 2.05) is 24.3 Å². The molecule has 3 rings (SSSR count). The summed E-state index contributed by atoms with van der Waals surface area (Å²) in [5.41, 5.74) is 7.20. The Kier molecular flexibility index (Phi) is 3.59. The molecule has 2 aromatic rings. The van der Waals surface area contributed by atoms with Crippen LogP contribution in [0.4, 0.5) is 0 Å². The van der Waals surface area contributed by atoms with Gasteiger partial charge in [0.1, 0.15) is 11.8 Å². The number of furan rings is 1. The van der Waals surface area contributed by atoms with Gasteiger partial charge < -0.3 is 15.1 Å². The molecule has 96 valence electrons. The molecule has 0 saturated carbocycles. The Labute approximate surface area is 111 Å². The fraction of sp³-hybridized carbons (Fsp3) is 0.308. The van der Waals surface area contributed by atoms with Gasteiger partial charge in [-0.05, 0) is 12.5 Å². The van der Waals surface area contributed by atoms with Gasteiger partial charge in [-0.15, -0.1) is 12.4 Å². The van der Waals surface area contributed by atoms with Gasteiger partial charge >= 0.3 is 0 Å². The highest BCUT2D eigenvalue weighted by molar-refractivity contribution is 6.05. The van der Waals surface area contributed by atoms with Crippen molar-refractivity contribution in [3.05, 3.63) is 36.1 Å². The zero-order chi connectivity index (χ0) is 11.8. The largest absolute Gasteiger partial charge is 0.463 e. The summed E-state index contributed by atoms with van der Waals surface area (Å²) in [6.07, 6.45) is 2.42. The first kappa shape index (κ1) is 12.9. The highest BCUT2D eigenvalue weighted by Gasteiger charge is 2.26. The summed E-state index contributed by atoms with van der Waals surface area (Å²) in [6.45, 7) is 1.37. The van der Waals surface area contributed by atoms with E-state index in [9.17, 15) is 4.79 Å². The first-order valence-electron chi connectivity index (χ1n) is 5.77. The number of halogens is 1. The summed E-state index contributed by atoms with van der Waals surface area (Å²) in [5.74, 6) is 0.0166. The summed E-state index contributed by atoms with van der Waals surface area (Å²) < 4.78 is 5.38. The quantitative estimate of drug-likeness (QED) is 0.859. The number of fused-ring (bicyclic) bond motifs is 1.